The first-order chi connectivity index (χ1) is 6.83. The van der Waals surface area contributed by atoms with Crippen molar-refractivity contribution in [1.29, 1.82) is 0 Å². The van der Waals surface area contributed by atoms with E-state index in [-0.39, 0.29) is 6.04 Å². The quantitative estimate of drug-likeness (QED) is 0.798. The topological polar surface area (TPSA) is 56.2 Å². The highest BCUT2D eigenvalue weighted by molar-refractivity contribution is 5.37. The van der Waals surface area contributed by atoms with Crippen LogP contribution in [-0.4, -0.2) is 14.6 Å². The van der Waals surface area contributed by atoms with Gasteiger partial charge in [0, 0.05) is 6.20 Å². The molecule has 4 nitrogen and oxygen atoms in total. The Labute approximate surface area is 82.8 Å². The maximum atomic E-state index is 5.99. The van der Waals surface area contributed by atoms with Gasteiger partial charge in [0.25, 0.3) is 0 Å². The summed E-state index contributed by atoms with van der Waals surface area (Å²) in [4.78, 5) is 0. The fourth-order valence-electron chi connectivity index (χ4n) is 1.55. The van der Waals surface area contributed by atoms with Crippen LogP contribution in [0.2, 0.25) is 0 Å². The maximum absolute atomic E-state index is 5.99. The van der Waals surface area contributed by atoms with Crippen molar-refractivity contribution in [3.05, 3.63) is 30.2 Å². The molecule has 14 heavy (non-hydrogen) atoms. The third-order valence-corrected chi connectivity index (χ3v) is 2.27. The molecule has 4 heteroatoms. The second-order valence-electron chi connectivity index (χ2n) is 3.38. The zero-order valence-corrected chi connectivity index (χ0v) is 8.22. The fourth-order valence-corrected chi connectivity index (χ4v) is 1.55. The van der Waals surface area contributed by atoms with Crippen LogP contribution in [0.5, 0.6) is 0 Å². The molecule has 0 radical (unpaired) electrons. The van der Waals surface area contributed by atoms with E-state index in [0.29, 0.717) is 0 Å². The lowest BCUT2D eigenvalue weighted by Crippen LogP contribution is -2.13. The number of fused-ring (bicyclic) bond motifs is 1. The van der Waals surface area contributed by atoms with Crippen molar-refractivity contribution in [2.24, 2.45) is 5.73 Å². The van der Waals surface area contributed by atoms with Crippen LogP contribution in [0.4, 0.5) is 0 Å². The van der Waals surface area contributed by atoms with Crippen LogP contribution in [0, 0.1) is 0 Å². The average molecular weight is 190 g/mol. The number of hydrogen-bond acceptors (Lipinski definition) is 3. The highest BCUT2D eigenvalue weighted by atomic mass is 15.3. The zero-order chi connectivity index (χ0) is 9.97. The number of aromatic nitrogens is 3. The zero-order valence-electron chi connectivity index (χ0n) is 8.22. The van der Waals surface area contributed by atoms with Gasteiger partial charge in [-0.2, -0.15) is 0 Å². The van der Waals surface area contributed by atoms with Crippen molar-refractivity contribution in [2.75, 3.05) is 0 Å². The van der Waals surface area contributed by atoms with Gasteiger partial charge in [0.15, 0.2) is 11.5 Å². The second-order valence-corrected chi connectivity index (χ2v) is 3.38. The minimum Gasteiger partial charge on any atom is -0.321 e. The van der Waals surface area contributed by atoms with Gasteiger partial charge in [-0.3, -0.25) is 4.40 Å². The number of pyridine rings is 1. The van der Waals surface area contributed by atoms with E-state index < -0.39 is 0 Å². The van der Waals surface area contributed by atoms with Crippen molar-refractivity contribution in [2.45, 2.75) is 25.8 Å². The van der Waals surface area contributed by atoms with Crippen molar-refractivity contribution in [3.63, 3.8) is 0 Å². The van der Waals surface area contributed by atoms with E-state index in [1.807, 2.05) is 28.8 Å². The molecule has 0 saturated heterocycles. The third-order valence-electron chi connectivity index (χ3n) is 2.27. The smallest absolute Gasteiger partial charge is 0.160 e. The molecule has 0 aliphatic rings. The standard InChI is InChI=1S/C10H14N4/c1-2-5-8(11)10-13-12-9-6-3-4-7-14(9)10/h3-4,6-8H,2,5,11H2,1H3. The number of hydrogen-bond donors (Lipinski definition) is 1. The van der Waals surface area contributed by atoms with Crippen LogP contribution in [-0.2, 0) is 0 Å². The van der Waals surface area contributed by atoms with Crippen LogP contribution in [0.15, 0.2) is 24.4 Å². The van der Waals surface area contributed by atoms with E-state index in [9.17, 15) is 0 Å². The van der Waals surface area contributed by atoms with E-state index in [1.54, 1.807) is 0 Å². The Hall–Kier alpha value is -1.42. The number of nitrogens with zero attached hydrogens (tertiary/aromatic N) is 3. The van der Waals surface area contributed by atoms with E-state index in [4.69, 9.17) is 5.73 Å². The van der Waals surface area contributed by atoms with Crippen LogP contribution < -0.4 is 5.73 Å². The highest BCUT2D eigenvalue weighted by Gasteiger charge is 2.11. The van der Waals surface area contributed by atoms with E-state index >= 15 is 0 Å². The Morgan fingerprint density at radius 3 is 3.07 bits per heavy atom. The predicted octanol–water partition coefficient (Wildman–Crippen LogP) is 1.53. The van der Waals surface area contributed by atoms with Gasteiger partial charge < -0.3 is 5.73 Å². The molecule has 2 N–H and O–H groups in total. The summed E-state index contributed by atoms with van der Waals surface area (Å²) in [6, 6.07) is 5.81. The van der Waals surface area contributed by atoms with Crippen molar-refractivity contribution < 1.29 is 0 Å². The Balaban J connectivity index is 2.42. The van der Waals surface area contributed by atoms with Crippen LogP contribution in [0.25, 0.3) is 5.65 Å². The molecule has 0 amide bonds. The average Bonchev–Trinajstić information content (AvgIpc) is 2.61. The van der Waals surface area contributed by atoms with E-state index in [0.717, 1.165) is 24.3 Å². The molecule has 0 spiro atoms. The lowest BCUT2D eigenvalue weighted by molar-refractivity contribution is 0.596. The van der Waals surface area contributed by atoms with Crippen LogP contribution in [0.1, 0.15) is 31.6 Å². The van der Waals surface area contributed by atoms with Crippen LogP contribution in [0.3, 0.4) is 0 Å². The van der Waals surface area contributed by atoms with Gasteiger partial charge in [0.1, 0.15) is 0 Å². The van der Waals surface area contributed by atoms with Crippen molar-refractivity contribution in [3.8, 4) is 0 Å². The van der Waals surface area contributed by atoms with Gasteiger partial charge in [0.05, 0.1) is 6.04 Å². The van der Waals surface area contributed by atoms with Crippen LogP contribution >= 0.6 is 0 Å². The second kappa shape index (κ2) is 3.75. The molecule has 0 saturated carbocycles. The Bertz CT molecular complexity index is 421. The Kier molecular flexibility index (Phi) is 2.45. The fraction of sp³-hybridized carbons (Fsp3) is 0.400. The lowest BCUT2D eigenvalue weighted by atomic mass is 10.2. The SMILES string of the molecule is CCCC(N)c1nnc2ccccn12. The minimum absolute atomic E-state index is 0.0163. The first kappa shape index (κ1) is 9.15. The van der Waals surface area contributed by atoms with Gasteiger partial charge in [-0.05, 0) is 18.6 Å². The van der Waals surface area contributed by atoms with Gasteiger partial charge in [-0.15, -0.1) is 10.2 Å². The van der Waals surface area contributed by atoms with Gasteiger partial charge in [-0.25, -0.2) is 0 Å². The predicted molar refractivity (Wildman–Crippen MR) is 54.8 cm³/mol. The normalized spacial score (nSPS) is 13.3. The molecular weight excluding hydrogens is 176 g/mol. The first-order valence-electron chi connectivity index (χ1n) is 4.88. The molecule has 0 bridgehead atoms. The Morgan fingerprint density at radius 1 is 1.43 bits per heavy atom. The monoisotopic (exact) mass is 190 g/mol. The van der Waals surface area contributed by atoms with Gasteiger partial charge in [0.2, 0.25) is 0 Å². The molecule has 1 unspecified atom stereocenters. The molecule has 2 aromatic heterocycles. The molecule has 0 aromatic carbocycles. The van der Waals surface area contributed by atoms with E-state index in [1.165, 1.54) is 0 Å². The highest BCUT2D eigenvalue weighted by Crippen LogP contribution is 2.14. The van der Waals surface area contributed by atoms with Crippen molar-refractivity contribution in [1.82, 2.24) is 14.6 Å². The van der Waals surface area contributed by atoms with E-state index in [2.05, 4.69) is 17.1 Å². The summed E-state index contributed by atoms with van der Waals surface area (Å²) in [7, 11) is 0. The Morgan fingerprint density at radius 2 is 2.29 bits per heavy atom. The molecule has 0 aliphatic carbocycles. The lowest BCUT2D eigenvalue weighted by Gasteiger charge is -2.07. The molecular formula is C10H14N4. The molecule has 0 aliphatic heterocycles. The summed E-state index contributed by atoms with van der Waals surface area (Å²) in [5.74, 6) is 0.849. The molecule has 74 valence electrons. The maximum Gasteiger partial charge on any atom is 0.160 e. The summed E-state index contributed by atoms with van der Waals surface area (Å²) in [5.41, 5.74) is 6.85. The first-order valence-corrected chi connectivity index (χ1v) is 4.88. The summed E-state index contributed by atoms with van der Waals surface area (Å²) in [5, 5.41) is 8.16. The molecule has 1 atom stereocenters. The molecule has 2 aromatic rings. The minimum atomic E-state index is -0.0163. The van der Waals surface area contributed by atoms with Gasteiger partial charge >= 0.3 is 0 Å². The summed E-state index contributed by atoms with van der Waals surface area (Å²) in [6.07, 6.45) is 3.94. The number of rotatable bonds is 3. The third kappa shape index (κ3) is 1.48. The molecule has 2 rings (SSSR count). The molecule has 0 fully saturated rings. The molecule has 2 heterocycles. The summed E-state index contributed by atoms with van der Waals surface area (Å²) < 4.78 is 1.94. The summed E-state index contributed by atoms with van der Waals surface area (Å²) >= 11 is 0. The summed E-state index contributed by atoms with van der Waals surface area (Å²) in [6.45, 7) is 2.11. The number of nitrogens with two attached hydrogens (primary N) is 1. The largest absolute Gasteiger partial charge is 0.321 e. The van der Waals surface area contributed by atoms with Gasteiger partial charge in [-0.1, -0.05) is 19.4 Å². The van der Waals surface area contributed by atoms with Crippen molar-refractivity contribution >= 4 is 5.65 Å².